The molecule has 0 spiro atoms. The zero-order valence-electron chi connectivity index (χ0n) is 24.8. The highest BCUT2D eigenvalue weighted by Gasteiger charge is 2.46. The van der Waals surface area contributed by atoms with Crippen LogP contribution in [0.25, 0.3) is 5.76 Å². The Morgan fingerprint density at radius 1 is 1.07 bits per heavy atom. The smallest absolute Gasteiger partial charge is 0.412 e. The zero-order chi connectivity index (χ0) is 30.4. The normalized spacial score (nSPS) is 20.8. The van der Waals surface area contributed by atoms with Gasteiger partial charge in [-0.1, -0.05) is 68.7 Å². The first-order valence-corrected chi connectivity index (χ1v) is 15.3. The van der Waals surface area contributed by atoms with Crippen molar-refractivity contribution in [3.8, 4) is 0 Å². The summed E-state index contributed by atoms with van der Waals surface area (Å²) in [7, 11) is -3.80. The van der Waals surface area contributed by atoms with Crippen molar-refractivity contribution in [3.63, 3.8) is 0 Å². The number of carbonyl (C=O) groups is 2. The minimum absolute atomic E-state index is 0.0449. The first-order valence-electron chi connectivity index (χ1n) is 13.8. The number of Topliss-reactive ketones (excluding diaryl/α,β-unsaturated/α-hetero) is 1. The summed E-state index contributed by atoms with van der Waals surface area (Å²) in [6.45, 7) is 13.7. The summed E-state index contributed by atoms with van der Waals surface area (Å²) in [5.74, 6) is -0.702. The number of rotatable bonds is 6. The molecule has 0 bridgehead atoms. The predicted octanol–water partition coefficient (Wildman–Crippen LogP) is 8.30. The van der Waals surface area contributed by atoms with Crippen molar-refractivity contribution in [1.82, 2.24) is 0 Å². The van der Waals surface area contributed by atoms with Crippen LogP contribution in [0.15, 0.2) is 57.3 Å². The summed E-state index contributed by atoms with van der Waals surface area (Å²) >= 11 is 0. The van der Waals surface area contributed by atoms with Gasteiger partial charge in [0.15, 0.2) is 11.6 Å². The van der Waals surface area contributed by atoms with Crippen LogP contribution in [0.3, 0.4) is 0 Å². The van der Waals surface area contributed by atoms with Crippen molar-refractivity contribution in [2.24, 2.45) is 9.81 Å². The Bertz CT molecular complexity index is 1430. The topological polar surface area (TPSA) is 140 Å². The molecule has 10 heteroatoms. The second-order valence-electron chi connectivity index (χ2n) is 13.1. The molecule has 1 aliphatic carbocycles. The van der Waals surface area contributed by atoms with E-state index in [1.165, 1.54) is 6.07 Å². The average Bonchev–Trinajstić information content (AvgIpc) is 2.84. The maximum Gasteiger partial charge on any atom is 0.412 e. The molecule has 1 heterocycles. The van der Waals surface area contributed by atoms with E-state index in [9.17, 15) is 23.8 Å². The van der Waals surface area contributed by atoms with Gasteiger partial charge in [-0.15, -0.1) is 4.40 Å². The lowest BCUT2D eigenvalue weighted by atomic mass is 9.66. The van der Waals surface area contributed by atoms with Crippen LogP contribution in [0.4, 0.5) is 16.2 Å². The van der Waals surface area contributed by atoms with E-state index >= 15 is 0 Å². The number of carbonyl (C=O) groups excluding carboxylic acids is 2. The van der Waals surface area contributed by atoms with Crippen molar-refractivity contribution < 1.29 is 28.5 Å². The molecule has 0 saturated heterocycles. The fourth-order valence-electron chi connectivity index (χ4n) is 5.20. The van der Waals surface area contributed by atoms with E-state index in [0.29, 0.717) is 17.7 Å². The van der Waals surface area contributed by atoms with Gasteiger partial charge in [0.25, 0.3) is 0 Å². The molecule has 9 nitrogen and oxygen atoms in total. The number of ketones is 1. The molecule has 222 valence electrons. The number of ether oxygens (including phenoxy) is 1. The van der Waals surface area contributed by atoms with Crippen LogP contribution in [-0.2, 0) is 14.9 Å². The number of benzene rings is 2. The summed E-state index contributed by atoms with van der Waals surface area (Å²) in [5.41, 5.74) is 0.295. The molecular formula is C31H41N3O6S. The Balaban J connectivity index is 1.67. The Kier molecular flexibility index (Phi) is 8.07. The molecule has 1 atom stereocenters. The highest BCUT2D eigenvalue weighted by molar-refractivity contribution is 8.23. The molecule has 0 aromatic heterocycles. The molecule has 4 rings (SSSR count). The summed E-state index contributed by atoms with van der Waals surface area (Å²) < 4.78 is 31.6. The quantitative estimate of drug-likeness (QED) is 0.215. The van der Waals surface area contributed by atoms with Crippen LogP contribution in [0.1, 0.15) is 85.3 Å². The Labute approximate surface area is 243 Å². The predicted molar refractivity (Wildman–Crippen MR) is 165 cm³/mol. The molecule has 0 fully saturated rings. The molecule has 5 N–H and O–H groups in total. The van der Waals surface area contributed by atoms with Crippen LogP contribution in [0, 0.1) is 5.41 Å². The summed E-state index contributed by atoms with van der Waals surface area (Å²) in [5, 5.41) is 16.9. The van der Waals surface area contributed by atoms with Gasteiger partial charge in [0.2, 0.25) is 0 Å². The minimum Gasteiger partial charge on any atom is -0.506 e. The molecule has 41 heavy (non-hydrogen) atoms. The number of aliphatic hydroxyl groups excluding tert-OH is 1. The van der Waals surface area contributed by atoms with E-state index < -0.39 is 27.9 Å². The maximum absolute atomic E-state index is 14.2. The lowest BCUT2D eigenvalue weighted by Gasteiger charge is -2.39. The zero-order valence-corrected chi connectivity index (χ0v) is 25.6. The number of fused-ring (bicyclic) bond motifs is 2. The standard InChI is InChI=1S/C31H41N3O6S/c1-29(2,3)16-10-11-17-31(7)21-13-9-8-12-20(21)25(35)24(26(31)36)27-33-22-15-14-19(18-23(22)41(38,39)34-27)32-28(37)40-30(4,5)6/h8-9,12-15,18,35,38-39H,10-11,16-17H2,1-7H3,(H,32,37)(H,33,34). The number of hydrogen-bond acceptors (Lipinski definition) is 8. The third-order valence-electron chi connectivity index (χ3n) is 7.23. The number of nitrogens with zero attached hydrogens (tertiary/aromatic N) is 1. The number of unbranched alkanes of at least 4 members (excludes halogenated alkanes) is 1. The Hall–Kier alpha value is -3.34. The summed E-state index contributed by atoms with van der Waals surface area (Å²) in [4.78, 5) is 26.4. The molecule has 1 amide bonds. The van der Waals surface area contributed by atoms with Crippen LogP contribution in [0.2, 0.25) is 0 Å². The van der Waals surface area contributed by atoms with E-state index in [1.807, 2.05) is 19.1 Å². The van der Waals surface area contributed by atoms with E-state index in [0.717, 1.165) is 24.8 Å². The van der Waals surface area contributed by atoms with E-state index in [1.54, 1.807) is 45.0 Å². The van der Waals surface area contributed by atoms with Crippen LogP contribution < -0.4 is 10.6 Å². The van der Waals surface area contributed by atoms with Crippen molar-refractivity contribution in [3.05, 3.63) is 59.2 Å². The number of amidine groups is 1. The molecule has 1 aliphatic heterocycles. The monoisotopic (exact) mass is 583 g/mol. The van der Waals surface area contributed by atoms with Gasteiger partial charge in [-0.05, 0) is 69.7 Å². The van der Waals surface area contributed by atoms with Crippen LogP contribution in [-0.4, -0.2) is 37.5 Å². The fourth-order valence-corrected chi connectivity index (χ4v) is 6.39. The van der Waals surface area contributed by atoms with E-state index in [2.05, 4.69) is 35.8 Å². The van der Waals surface area contributed by atoms with Crippen molar-refractivity contribution >= 4 is 45.6 Å². The average molecular weight is 584 g/mol. The minimum atomic E-state index is -3.80. The first kappa shape index (κ1) is 30.6. The molecule has 2 aliphatic rings. The van der Waals surface area contributed by atoms with Crippen molar-refractivity contribution in [1.29, 1.82) is 0 Å². The highest BCUT2D eigenvalue weighted by Crippen LogP contribution is 2.57. The molecular weight excluding hydrogens is 542 g/mol. The maximum atomic E-state index is 14.2. The largest absolute Gasteiger partial charge is 0.506 e. The molecule has 2 aromatic rings. The van der Waals surface area contributed by atoms with Crippen molar-refractivity contribution in [2.75, 3.05) is 10.6 Å². The Morgan fingerprint density at radius 3 is 2.41 bits per heavy atom. The van der Waals surface area contributed by atoms with Crippen LogP contribution in [0.5, 0.6) is 0 Å². The number of amides is 1. The number of hydrogen-bond donors (Lipinski definition) is 5. The SMILES string of the molecule is CC(C)(C)CCCCC1(C)C(=O)C(C2=NS(O)(O)c3cc(NC(=O)OC(C)(C)C)ccc3N2)=C(O)c2ccccc21. The molecule has 0 radical (unpaired) electrons. The molecule has 0 saturated carbocycles. The summed E-state index contributed by atoms with van der Waals surface area (Å²) in [6.07, 6.45) is 2.66. The van der Waals surface area contributed by atoms with Crippen molar-refractivity contribution in [2.45, 2.75) is 90.1 Å². The third-order valence-corrected chi connectivity index (χ3v) is 8.59. The molecule has 2 aromatic carbocycles. The lowest BCUT2D eigenvalue weighted by Crippen LogP contribution is -2.42. The van der Waals surface area contributed by atoms with Gasteiger partial charge in [-0.3, -0.25) is 19.2 Å². The van der Waals surface area contributed by atoms with Crippen LogP contribution >= 0.6 is 10.8 Å². The number of nitrogens with one attached hydrogen (secondary N) is 2. The highest BCUT2D eigenvalue weighted by atomic mass is 32.3. The first-order chi connectivity index (χ1) is 18.9. The number of aliphatic hydroxyl groups is 1. The van der Waals surface area contributed by atoms with Gasteiger partial charge in [0.05, 0.1) is 11.1 Å². The van der Waals surface area contributed by atoms with Gasteiger partial charge in [0, 0.05) is 11.3 Å². The number of anilines is 2. The van der Waals surface area contributed by atoms with E-state index in [4.69, 9.17) is 4.74 Å². The second-order valence-corrected chi connectivity index (χ2v) is 14.8. The summed E-state index contributed by atoms with van der Waals surface area (Å²) in [6, 6.07) is 11.8. The lowest BCUT2D eigenvalue weighted by molar-refractivity contribution is -0.120. The van der Waals surface area contributed by atoms with Gasteiger partial charge in [-0.25, -0.2) is 4.79 Å². The molecule has 1 unspecified atom stereocenters. The fraction of sp³-hybridized carbons (Fsp3) is 0.452. The second kappa shape index (κ2) is 10.8. The van der Waals surface area contributed by atoms with Gasteiger partial charge >= 0.3 is 6.09 Å². The third kappa shape index (κ3) is 6.60. The Morgan fingerprint density at radius 2 is 1.76 bits per heavy atom. The van der Waals surface area contributed by atoms with E-state index in [-0.39, 0.29) is 38.9 Å². The van der Waals surface area contributed by atoms with Gasteiger partial charge < -0.3 is 15.2 Å². The van der Waals surface area contributed by atoms with Gasteiger partial charge in [0.1, 0.15) is 21.8 Å². The van der Waals surface area contributed by atoms with Gasteiger partial charge in [-0.2, -0.15) is 0 Å².